The fraction of sp³-hybridized carbons (Fsp3) is 0.267. The predicted molar refractivity (Wildman–Crippen MR) is 78.4 cm³/mol. The van der Waals surface area contributed by atoms with Crippen molar-refractivity contribution in [3.8, 4) is 5.75 Å². The molecule has 2 rings (SSSR count). The SMILES string of the molecule is COC(=O)c1c(C)ncnc1NCc1ccc(OC)cc1. The monoisotopic (exact) mass is 287 g/mol. The van der Waals surface area contributed by atoms with Gasteiger partial charge < -0.3 is 14.8 Å². The van der Waals surface area contributed by atoms with E-state index in [1.807, 2.05) is 24.3 Å². The van der Waals surface area contributed by atoms with Crippen molar-refractivity contribution in [1.29, 1.82) is 0 Å². The van der Waals surface area contributed by atoms with Crippen molar-refractivity contribution in [2.45, 2.75) is 13.5 Å². The molecule has 0 radical (unpaired) electrons. The minimum absolute atomic E-state index is 0.355. The van der Waals surface area contributed by atoms with Crippen molar-refractivity contribution in [1.82, 2.24) is 9.97 Å². The summed E-state index contributed by atoms with van der Waals surface area (Å²) in [6.45, 7) is 2.27. The number of nitrogens with zero attached hydrogens (tertiary/aromatic N) is 2. The van der Waals surface area contributed by atoms with Gasteiger partial charge in [-0.1, -0.05) is 12.1 Å². The van der Waals surface area contributed by atoms with Gasteiger partial charge in [0, 0.05) is 6.54 Å². The van der Waals surface area contributed by atoms with E-state index >= 15 is 0 Å². The Balaban J connectivity index is 2.15. The first-order valence-electron chi connectivity index (χ1n) is 6.42. The Kier molecular flexibility index (Phi) is 4.71. The van der Waals surface area contributed by atoms with Crippen molar-refractivity contribution in [3.05, 3.63) is 47.4 Å². The normalized spacial score (nSPS) is 10.0. The van der Waals surface area contributed by atoms with E-state index in [9.17, 15) is 4.79 Å². The van der Waals surface area contributed by atoms with Crippen molar-refractivity contribution < 1.29 is 14.3 Å². The van der Waals surface area contributed by atoms with Crippen molar-refractivity contribution in [3.63, 3.8) is 0 Å². The van der Waals surface area contributed by atoms with Crippen LogP contribution in [-0.2, 0) is 11.3 Å². The number of carbonyl (C=O) groups excluding carboxylic acids is 1. The van der Waals surface area contributed by atoms with Crippen LogP contribution in [0.4, 0.5) is 5.82 Å². The van der Waals surface area contributed by atoms with Gasteiger partial charge in [-0.2, -0.15) is 0 Å². The maximum absolute atomic E-state index is 11.8. The van der Waals surface area contributed by atoms with Gasteiger partial charge in [0.25, 0.3) is 0 Å². The number of anilines is 1. The molecule has 0 unspecified atom stereocenters. The molecule has 0 atom stereocenters. The number of carbonyl (C=O) groups is 1. The van der Waals surface area contributed by atoms with Gasteiger partial charge in [0.2, 0.25) is 0 Å². The maximum atomic E-state index is 11.8. The molecule has 21 heavy (non-hydrogen) atoms. The lowest BCUT2D eigenvalue weighted by Gasteiger charge is -2.11. The molecule has 1 heterocycles. The summed E-state index contributed by atoms with van der Waals surface area (Å²) in [5.41, 5.74) is 1.98. The fourth-order valence-corrected chi connectivity index (χ4v) is 1.88. The molecule has 0 spiro atoms. The van der Waals surface area contributed by atoms with Crippen molar-refractivity contribution in [2.24, 2.45) is 0 Å². The van der Waals surface area contributed by atoms with Gasteiger partial charge in [-0.15, -0.1) is 0 Å². The number of hydrogen-bond donors (Lipinski definition) is 1. The second-order valence-electron chi connectivity index (χ2n) is 4.38. The number of benzene rings is 1. The number of methoxy groups -OCH3 is 2. The number of nitrogens with one attached hydrogen (secondary N) is 1. The third-order valence-corrected chi connectivity index (χ3v) is 3.05. The summed E-state index contributed by atoms with van der Waals surface area (Å²) >= 11 is 0. The fourth-order valence-electron chi connectivity index (χ4n) is 1.88. The van der Waals surface area contributed by atoms with Gasteiger partial charge in [0.05, 0.1) is 19.9 Å². The van der Waals surface area contributed by atoms with Gasteiger partial charge in [0.1, 0.15) is 23.5 Å². The summed E-state index contributed by atoms with van der Waals surface area (Å²) in [5, 5.41) is 3.13. The van der Waals surface area contributed by atoms with Gasteiger partial charge in [0.15, 0.2) is 0 Å². The van der Waals surface area contributed by atoms with Gasteiger partial charge in [-0.3, -0.25) is 0 Å². The molecule has 0 saturated carbocycles. The summed E-state index contributed by atoms with van der Waals surface area (Å²) < 4.78 is 9.88. The number of ether oxygens (including phenoxy) is 2. The molecule has 6 nitrogen and oxygen atoms in total. The zero-order chi connectivity index (χ0) is 15.2. The second-order valence-corrected chi connectivity index (χ2v) is 4.38. The van der Waals surface area contributed by atoms with E-state index in [1.165, 1.54) is 13.4 Å². The quantitative estimate of drug-likeness (QED) is 0.850. The Labute approximate surface area is 123 Å². The lowest BCUT2D eigenvalue weighted by Crippen LogP contribution is -2.12. The first-order valence-corrected chi connectivity index (χ1v) is 6.42. The average molecular weight is 287 g/mol. The Morgan fingerprint density at radius 2 is 1.90 bits per heavy atom. The molecule has 0 amide bonds. The second kappa shape index (κ2) is 6.69. The van der Waals surface area contributed by atoms with Crippen LogP contribution in [0.1, 0.15) is 21.6 Å². The van der Waals surface area contributed by atoms with E-state index in [4.69, 9.17) is 9.47 Å². The summed E-state index contributed by atoms with van der Waals surface area (Å²) in [7, 11) is 2.96. The summed E-state index contributed by atoms with van der Waals surface area (Å²) in [6.07, 6.45) is 1.41. The molecule has 1 aromatic carbocycles. The highest BCUT2D eigenvalue weighted by Gasteiger charge is 2.16. The van der Waals surface area contributed by atoms with Crippen LogP contribution in [0.3, 0.4) is 0 Å². The van der Waals surface area contributed by atoms with Crippen LogP contribution in [0, 0.1) is 6.92 Å². The van der Waals surface area contributed by atoms with Crippen molar-refractivity contribution in [2.75, 3.05) is 19.5 Å². The minimum Gasteiger partial charge on any atom is -0.497 e. The van der Waals surface area contributed by atoms with E-state index < -0.39 is 5.97 Å². The third kappa shape index (κ3) is 3.47. The molecular weight excluding hydrogens is 270 g/mol. The molecule has 0 bridgehead atoms. The largest absolute Gasteiger partial charge is 0.497 e. The molecular formula is C15H17N3O3. The molecule has 2 aromatic rings. The van der Waals surface area contributed by atoms with Crippen LogP contribution in [0.2, 0.25) is 0 Å². The smallest absolute Gasteiger partial charge is 0.343 e. The lowest BCUT2D eigenvalue weighted by molar-refractivity contribution is 0.0600. The van der Waals surface area contributed by atoms with Gasteiger partial charge in [-0.05, 0) is 24.6 Å². The first-order chi connectivity index (χ1) is 10.2. The molecule has 1 aromatic heterocycles. The Morgan fingerprint density at radius 3 is 2.52 bits per heavy atom. The van der Waals surface area contributed by atoms with Crippen LogP contribution in [0.15, 0.2) is 30.6 Å². The molecule has 0 aliphatic carbocycles. The van der Waals surface area contributed by atoms with Crippen LogP contribution in [-0.4, -0.2) is 30.2 Å². The highest BCUT2D eigenvalue weighted by atomic mass is 16.5. The Morgan fingerprint density at radius 1 is 1.19 bits per heavy atom. The highest BCUT2D eigenvalue weighted by Crippen LogP contribution is 2.17. The van der Waals surface area contributed by atoms with Gasteiger partial charge in [-0.25, -0.2) is 14.8 Å². The number of aryl methyl sites for hydroxylation is 1. The third-order valence-electron chi connectivity index (χ3n) is 3.05. The van der Waals surface area contributed by atoms with Crippen LogP contribution in [0.25, 0.3) is 0 Å². The van der Waals surface area contributed by atoms with E-state index in [1.54, 1.807) is 14.0 Å². The van der Waals surface area contributed by atoms with Gasteiger partial charge >= 0.3 is 5.97 Å². The van der Waals surface area contributed by atoms with Crippen molar-refractivity contribution >= 4 is 11.8 Å². The van der Waals surface area contributed by atoms with E-state index in [2.05, 4.69) is 15.3 Å². The van der Waals surface area contributed by atoms with E-state index in [0.717, 1.165) is 11.3 Å². The lowest BCUT2D eigenvalue weighted by atomic mass is 10.2. The number of esters is 1. The summed E-state index contributed by atoms with van der Waals surface area (Å²) in [6, 6.07) is 7.64. The number of hydrogen-bond acceptors (Lipinski definition) is 6. The summed E-state index contributed by atoms with van der Waals surface area (Å²) in [4.78, 5) is 19.9. The molecule has 0 aliphatic rings. The molecule has 6 heteroatoms. The maximum Gasteiger partial charge on any atom is 0.343 e. The molecule has 1 N–H and O–H groups in total. The van der Waals surface area contributed by atoms with E-state index in [0.29, 0.717) is 23.6 Å². The number of aromatic nitrogens is 2. The average Bonchev–Trinajstić information content (AvgIpc) is 2.52. The number of rotatable bonds is 5. The zero-order valence-corrected chi connectivity index (χ0v) is 12.2. The van der Waals surface area contributed by atoms with Crippen LogP contribution in [0.5, 0.6) is 5.75 Å². The highest BCUT2D eigenvalue weighted by molar-refractivity contribution is 5.95. The molecule has 0 saturated heterocycles. The van der Waals surface area contributed by atoms with Crippen LogP contribution < -0.4 is 10.1 Å². The topological polar surface area (TPSA) is 73.3 Å². The van der Waals surface area contributed by atoms with E-state index in [-0.39, 0.29) is 0 Å². The molecule has 0 fully saturated rings. The van der Waals surface area contributed by atoms with Crippen LogP contribution >= 0.6 is 0 Å². The minimum atomic E-state index is -0.453. The molecule has 110 valence electrons. The first kappa shape index (κ1) is 14.8. The Bertz CT molecular complexity index is 627. The predicted octanol–water partition coefficient (Wildman–Crippen LogP) is 2.19. The summed E-state index contributed by atoms with van der Waals surface area (Å²) in [5.74, 6) is 0.808. The zero-order valence-electron chi connectivity index (χ0n) is 12.2. The Hall–Kier alpha value is -2.63. The molecule has 0 aliphatic heterocycles. The standard InChI is InChI=1S/C15H17N3O3/c1-10-13(15(19)21-3)14(18-9-17-10)16-8-11-4-6-12(20-2)7-5-11/h4-7,9H,8H2,1-3H3,(H,16,17,18).